The molecular weight excluding hydrogens is 476 g/mol. The molecular formula is C23H23ClN6O3S. The molecule has 0 amide bonds. The summed E-state index contributed by atoms with van der Waals surface area (Å²) in [5.74, 6) is 0. The molecule has 0 fully saturated rings. The minimum atomic E-state index is -3.95. The van der Waals surface area contributed by atoms with Crippen LogP contribution >= 0.6 is 11.6 Å². The fourth-order valence-corrected chi connectivity index (χ4v) is 4.53. The number of H-pyrrole nitrogens is 1. The lowest BCUT2D eigenvalue weighted by Crippen LogP contribution is -2.18. The van der Waals surface area contributed by atoms with Gasteiger partial charge in [-0.3, -0.25) is 14.8 Å². The molecule has 2 N–H and O–H groups in total. The molecule has 0 saturated carbocycles. The van der Waals surface area contributed by atoms with Crippen molar-refractivity contribution in [3.05, 3.63) is 76.3 Å². The van der Waals surface area contributed by atoms with Gasteiger partial charge in [0.1, 0.15) is 17.5 Å². The highest BCUT2D eigenvalue weighted by Gasteiger charge is 2.23. The summed E-state index contributed by atoms with van der Waals surface area (Å²) in [7, 11) is -3.95. The van der Waals surface area contributed by atoms with Gasteiger partial charge in [-0.1, -0.05) is 22.8 Å². The van der Waals surface area contributed by atoms with Gasteiger partial charge < -0.3 is 4.84 Å². The number of fused-ring (bicyclic) bond motifs is 1. The first kappa shape index (κ1) is 23.7. The van der Waals surface area contributed by atoms with Crippen LogP contribution in [0.5, 0.6) is 0 Å². The summed E-state index contributed by atoms with van der Waals surface area (Å²) in [5.41, 5.74) is 3.71. The van der Waals surface area contributed by atoms with Gasteiger partial charge >= 0.3 is 0 Å². The predicted octanol–water partition coefficient (Wildman–Crippen LogP) is 4.60. The van der Waals surface area contributed by atoms with Crippen molar-refractivity contribution in [2.45, 2.75) is 38.7 Å². The largest absolute Gasteiger partial charge is 0.393 e. The molecule has 0 bridgehead atoms. The van der Waals surface area contributed by atoms with Crippen molar-refractivity contribution >= 4 is 44.1 Å². The monoisotopic (exact) mass is 498 g/mol. The summed E-state index contributed by atoms with van der Waals surface area (Å²) < 4.78 is 29.1. The Morgan fingerprint density at radius 3 is 2.65 bits per heavy atom. The fraction of sp³-hybridized carbons (Fsp3) is 0.217. The van der Waals surface area contributed by atoms with Gasteiger partial charge in [0.25, 0.3) is 10.0 Å². The number of anilines is 1. The van der Waals surface area contributed by atoms with Crippen LogP contribution < -0.4 is 4.72 Å². The zero-order valence-electron chi connectivity index (χ0n) is 19.0. The maximum Gasteiger partial charge on any atom is 0.261 e. The first-order valence-corrected chi connectivity index (χ1v) is 12.3. The second kappa shape index (κ2) is 9.40. The first-order chi connectivity index (χ1) is 16.2. The Hall–Kier alpha value is -3.50. The highest BCUT2D eigenvalue weighted by molar-refractivity contribution is 7.92. The van der Waals surface area contributed by atoms with E-state index in [-0.39, 0.29) is 27.4 Å². The molecule has 9 nitrogen and oxygen atoms in total. The number of hydrogen-bond acceptors (Lipinski definition) is 7. The predicted molar refractivity (Wildman–Crippen MR) is 132 cm³/mol. The number of pyridine rings is 2. The topological polar surface area (TPSA) is 122 Å². The third-order valence-electron chi connectivity index (χ3n) is 5.08. The minimum absolute atomic E-state index is 0.125. The van der Waals surface area contributed by atoms with Gasteiger partial charge in [0, 0.05) is 23.3 Å². The van der Waals surface area contributed by atoms with E-state index in [1.54, 1.807) is 36.7 Å². The van der Waals surface area contributed by atoms with E-state index in [0.29, 0.717) is 22.3 Å². The summed E-state index contributed by atoms with van der Waals surface area (Å²) in [6.45, 7) is 7.44. The lowest BCUT2D eigenvalue weighted by atomic mass is 10.0. The zero-order chi connectivity index (χ0) is 24.5. The minimum Gasteiger partial charge on any atom is -0.393 e. The third kappa shape index (κ3) is 4.87. The van der Waals surface area contributed by atoms with Crippen LogP contribution in [0.2, 0.25) is 5.02 Å². The second-order valence-electron chi connectivity index (χ2n) is 7.99. The molecule has 0 spiro atoms. The summed E-state index contributed by atoms with van der Waals surface area (Å²) >= 11 is 6.20. The van der Waals surface area contributed by atoms with Crippen molar-refractivity contribution in [2.75, 3.05) is 4.72 Å². The quantitative estimate of drug-likeness (QED) is 0.283. The molecule has 176 valence electrons. The van der Waals surface area contributed by atoms with E-state index in [2.05, 4.69) is 30.0 Å². The van der Waals surface area contributed by atoms with Gasteiger partial charge in [-0.25, -0.2) is 13.4 Å². The molecule has 4 rings (SSSR count). The number of aryl methyl sites for hydroxylation is 2. The van der Waals surface area contributed by atoms with Crippen LogP contribution in [0.15, 0.2) is 59.0 Å². The van der Waals surface area contributed by atoms with Crippen LogP contribution in [0.1, 0.15) is 36.2 Å². The molecule has 3 aromatic heterocycles. The van der Waals surface area contributed by atoms with Crippen LogP contribution in [-0.2, 0) is 14.9 Å². The Morgan fingerprint density at radius 1 is 1.12 bits per heavy atom. The molecule has 0 aliphatic rings. The number of halogens is 1. The molecule has 0 aliphatic heterocycles. The molecule has 34 heavy (non-hydrogen) atoms. The maximum atomic E-state index is 13.2. The van der Waals surface area contributed by atoms with Crippen molar-refractivity contribution in [1.82, 2.24) is 20.2 Å². The van der Waals surface area contributed by atoms with E-state index in [1.807, 2.05) is 27.7 Å². The Morgan fingerprint density at radius 2 is 1.91 bits per heavy atom. The van der Waals surface area contributed by atoms with E-state index < -0.39 is 10.0 Å². The maximum absolute atomic E-state index is 13.2. The van der Waals surface area contributed by atoms with E-state index in [1.165, 1.54) is 12.3 Å². The Labute approximate surface area is 202 Å². The van der Waals surface area contributed by atoms with Crippen LogP contribution in [0.25, 0.3) is 11.0 Å². The fourth-order valence-electron chi connectivity index (χ4n) is 3.23. The molecule has 11 heteroatoms. The summed E-state index contributed by atoms with van der Waals surface area (Å²) in [6, 6.07) is 8.15. The second-order valence-corrected chi connectivity index (χ2v) is 10.1. The van der Waals surface area contributed by atoms with E-state index in [9.17, 15) is 8.42 Å². The lowest BCUT2D eigenvalue weighted by Gasteiger charge is -2.15. The number of benzene rings is 1. The smallest absolute Gasteiger partial charge is 0.261 e. The zero-order valence-corrected chi connectivity index (χ0v) is 20.6. The lowest BCUT2D eigenvalue weighted by molar-refractivity contribution is 0.0862. The van der Waals surface area contributed by atoms with Crippen LogP contribution in [0.4, 0.5) is 5.69 Å². The molecule has 0 atom stereocenters. The average molecular weight is 499 g/mol. The Bertz CT molecular complexity index is 1500. The number of aromatic amines is 1. The van der Waals surface area contributed by atoms with Gasteiger partial charge in [0.05, 0.1) is 21.8 Å². The van der Waals surface area contributed by atoms with Crippen molar-refractivity contribution in [3.8, 4) is 0 Å². The number of hydrogen-bond donors (Lipinski definition) is 2. The molecule has 3 heterocycles. The number of nitrogens with one attached hydrogen (secondary N) is 2. The normalized spacial score (nSPS) is 12.4. The van der Waals surface area contributed by atoms with Gasteiger partial charge in [-0.05, 0) is 63.1 Å². The number of rotatable bonds is 7. The summed E-state index contributed by atoms with van der Waals surface area (Å²) in [5, 5.41) is 12.1. The number of nitrogens with zero attached hydrogens (tertiary/aromatic N) is 4. The van der Waals surface area contributed by atoms with Crippen LogP contribution in [0, 0.1) is 13.8 Å². The van der Waals surface area contributed by atoms with E-state index >= 15 is 0 Å². The first-order valence-electron chi connectivity index (χ1n) is 10.4. The average Bonchev–Trinajstić information content (AvgIpc) is 3.26. The van der Waals surface area contributed by atoms with E-state index in [0.717, 1.165) is 11.1 Å². The molecule has 0 unspecified atom stereocenters. The number of sulfonamides is 1. The van der Waals surface area contributed by atoms with Gasteiger partial charge in [0.15, 0.2) is 5.65 Å². The molecule has 0 radical (unpaired) electrons. The number of aromatic nitrogens is 4. The van der Waals surface area contributed by atoms with Crippen molar-refractivity contribution in [3.63, 3.8) is 0 Å². The van der Waals surface area contributed by atoms with Crippen molar-refractivity contribution in [1.29, 1.82) is 0 Å². The van der Waals surface area contributed by atoms with Crippen LogP contribution in [-0.4, -0.2) is 40.4 Å². The van der Waals surface area contributed by atoms with E-state index in [4.69, 9.17) is 16.4 Å². The SMILES string of the molecule is Cc1ccc(S(=O)(=O)Nc2cc(Cl)cnc2/C(=N/OC(C)C)c2ccnc3[nH]ncc23)cc1C. The Kier molecular flexibility index (Phi) is 6.54. The molecule has 0 aliphatic carbocycles. The highest BCUT2D eigenvalue weighted by Crippen LogP contribution is 2.27. The third-order valence-corrected chi connectivity index (χ3v) is 6.65. The van der Waals surface area contributed by atoms with Crippen molar-refractivity contribution < 1.29 is 13.3 Å². The van der Waals surface area contributed by atoms with Gasteiger partial charge in [0.2, 0.25) is 0 Å². The summed E-state index contributed by atoms with van der Waals surface area (Å²) in [4.78, 5) is 14.3. The standard InChI is InChI=1S/C23H23ClN6O3S/c1-13(2)33-29-21(18-7-8-25-23-19(18)12-27-28-23)22-20(10-16(24)11-26-22)30-34(31,32)17-6-5-14(3)15(4)9-17/h5-13,30H,1-4H3,(H,25,27,28)/b29-21+. The van der Waals surface area contributed by atoms with Crippen LogP contribution in [0.3, 0.4) is 0 Å². The highest BCUT2D eigenvalue weighted by atomic mass is 35.5. The summed E-state index contributed by atoms with van der Waals surface area (Å²) in [6.07, 6.45) is 4.40. The molecule has 1 aromatic carbocycles. The van der Waals surface area contributed by atoms with Gasteiger partial charge in [-0.2, -0.15) is 5.10 Å². The Balaban J connectivity index is 1.86. The molecule has 0 saturated heterocycles. The number of oxime groups is 1. The molecule has 4 aromatic rings. The van der Waals surface area contributed by atoms with Crippen molar-refractivity contribution in [2.24, 2.45) is 5.16 Å². The van der Waals surface area contributed by atoms with Gasteiger partial charge in [-0.15, -0.1) is 0 Å².